The fraction of sp³-hybridized carbons (Fsp3) is 0.636. The van der Waals surface area contributed by atoms with E-state index in [1.807, 2.05) is 0 Å². The molecule has 4 fully saturated rings. The van der Waals surface area contributed by atoms with Crippen molar-refractivity contribution in [2.24, 2.45) is 0 Å². The van der Waals surface area contributed by atoms with Crippen molar-refractivity contribution in [3.8, 4) is 0 Å². The van der Waals surface area contributed by atoms with Gasteiger partial charge in [0.25, 0.3) is 0 Å². The molecule has 4 rings (SSSR count). The van der Waals surface area contributed by atoms with E-state index < -0.39 is 161 Å². The van der Waals surface area contributed by atoms with Crippen molar-refractivity contribution in [2.45, 2.75) is 151 Å². The molecule has 20 atom stereocenters. The molecule has 4 saturated heterocycles. The predicted octanol–water partition coefficient (Wildman–Crippen LogP) is -5.23. The summed E-state index contributed by atoms with van der Waals surface area (Å²) in [5.74, 6) is -1.86. The number of aliphatic hydroxyl groups excluding tert-OH is 14. The van der Waals surface area contributed by atoms with E-state index in [1.54, 1.807) is 62.5 Å². The van der Waals surface area contributed by atoms with Gasteiger partial charge in [-0.15, -0.1) is 0 Å². The van der Waals surface area contributed by atoms with Crippen LogP contribution in [0.4, 0.5) is 0 Å². The fourth-order valence-corrected chi connectivity index (χ4v) is 6.84. The number of hydrogen-bond acceptors (Lipinski definition) is 24. The van der Waals surface area contributed by atoms with Gasteiger partial charge in [-0.1, -0.05) is 71.9 Å². The number of carbonyl (C=O) groups is 2. The van der Waals surface area contributed by atoms with Gasteiger partial charge in [-0.05, 0) is 27.7 Å². The highest BCUT2D eigenvalue weighted by atomic mass is 16.8. The molecule has 0 aliphatic carbocycles. The van der Waals surface area contributed by atoms with Crippen LogP contribution >= 0.6 is 0 Å². The maximum absolute atomic E-state index is 12.8. The summed E-state index contributed by atoms with van der Waals surface area (Å²) >= 11 is 0. The van der Waals surface area contributed by atoms with E-state index in [0.717, 1.165) is 11.1 Å². The molecule has 0 aromatic heterocycles. The third kappa shape index (κ3) is 14.9. The highest BCUT2D eigenvalue weighted by Crippen LogP contribution is 2.28. The Labute approximate surface area is 390 Å². The van der Waals surface area contributed by atoms with Crippen molar-refractivity contribution in [1.82, 2.24) is 0 Å². The van der Waals surface area contributed by atoms with Gasteiger partial charge in [0.2, 0.25) is 12.6 Å². The quantitative estimate of drug-likeness (QED) is 0.0347. The third-order valence-electron chi connectivity index (χ3n) is 11.2. The number of allylic oxidation sites excluding steroid dienone is 12. The molecule has 68 heavy (non-hydrogen) atoms. The molecule has 0 aromatic carbocycles. The highest BCUT2D eigenvalue weighted by molar-refractivity contribution is 5.88. The second-order valence-corrected chi connectivity index (χ2v) is 16.5. The van der Waals surface area contributed by atoms with Crippen LogP contribution in [0.25, 0.3) is 0 Å². The number of aliphatic hydroxyl groups is 14. The van der Waals surface area contributed by atoms with E-state index in [9.17, 15) is 81.1 Å². The smallest absolute Gasteiger partial charge is 0.336 e. The minimum Gasteiger partial charge on any atom is -0.429 e. The Hall–Kier alpha value is -3.68. The Morgan fingerprint density at radius 2 is 0.691 bits per heavy atom. The second-order valence-electron chi connectivity index (χ2n) is 16.5. The lowest BCUT2D eigenvalue weighted by molar-refractivity contribution is -0.326. The Bertz CT molecular complexity index is 1730. The van der Waals surface area contributed by atoms with Crippen LogP contribution in [0.2, 0.25) is 0 Å². The second kappa shape index (κ2) is 26.5. The van der Waals surface area contributed by atoms with Crippen molar-refractivity contribution in [1.29, 1.82) is 0 Å². The van der Waals surface area contributed by atoms with Crippen molar-refractivity contribution < 1.29 is 119 Å². The van der Waals surface area contributed by atoms with Crippen molar-refractivity contribution >= 4 is 11.9 Å². The summed E-state index contributed by atoms with van der Waals surface area (Å²) in [5.41, 5.74) is 1.68. The Morgan fingerprint density at radius 3 is 1.01 bits per heavy atom. The summed E-state index contributed by atoms with van der Waals surface area (Å²) in [5, 5.41) is 142. The number of ether oxygens (including phenoxy) is 8. The van der Waals surface area contributed by atoms with Crippen molar-refractivity contribution in [2.75, 3.05) is 26.4 Å². The van der Waals surface area contributed by atoms with Crippen LogP contribution in [0.1, 0.15) is 27.7 Å². The van der Waals surface area contributed by atoms with Gasteiger partial charge in [0.05, 0.1) is 26.4 Å². The molecule has 14 N–H and O–H groups in total. The minimum absolute atomic E-state index is 0.0726. The summed E-state index contributed by atoms with van der Waals surface area (Å²) < 4.78 is 42.7. The number of rotatable bonds is 18. The highest BCUT2D eigenvalue weighted by Gasteiger charge is 2.50. The third-order valence-corrected chi connectivity index (χ3v) is 11.2. The largest absolute Gasteiger partial charge is 0.429 e. The fourth-order valence-electron chi connectivity index (χ4n) is 6.84. The average Bonchev–Trinajstić information content (AvgIpc) is 3.31. The first-order valence-electron chi connectivity index (χ1n) is 21.5. The number of hydrogen-bond donors (Lipinski definition) is 14. The van der Waals surface area contributed by atoms with Gasteiger partial charge in [0.15, 0.2) is 12.6 Å². The van der Waals surface area contributed by atoms with Crippen LogP contribution in [-0.4, -0.2) is 233 Å². The topological polar surface area (TPSA) is 391 Å². The molecule has 4 heterocycles. The molecule has 0 spiro atoms. The van der Waals surface area contributed by atoms with Gasteiger partial charge in [-0.25, -0.2) is 9.59 Å². The first-order valence-corrected chi connectivity index (χ1v) is 21.5. The molecule has 0 saturated carbocycles. The van der Waals surface area contributed by atoms with Gasteiger partial charge < -0.3 is 109 Å². The molecule has 0 amide bonds. The Kier molecular flexibility index (Phi) is 22.2. The van der Waals surface area contributed by atoms with Crippen LogP contribution < -0.4 is 0 Å². The van der Waals surface area contributed by atoms with Crippen LogP contribution in [-0.2, 0) is 47.5 Å². The van der Waals surface area contributed by atoms with E-state index in [0.29, 0.717) is 0 Å². The number of esters is 2. The summed E-state index contributed by atoms with van der Waals surface area (Å²) in [6.07, 6.45) is -16.8. The molecule has 0 bridgehead atoms. The zero-order valence-electron chi connectivity index (χ0n) is 37.5. The monoisotopic (exact) mass is 976 g/mol. The molecule has 0 unspecified atom stereocenters. The normalized spacial score (nSPS) is 40.3. The number of carbonyl (C=O) groups excluding carboxylic acids is 2. The Morgan fingerprint density at radius 1 is 0.397 bits per heavy atom. The van der Waals surface area contributed by atoms with Gasteiger partial charge in [-0.3, -0.25) is 0 Å². The van der Waals surface area contributed by atoms with Gasteiger partial charge in [-0.2, -0.15) is 0 Å². The molecule has 384 valence electrons. The molecular weight excluding hydrogens is 912 g/mol. The van der Waals surface area contributed by atoms with E-state index in [2.05, 4.69) is 0 Å². The zero-order chi connectivity index (χ0) is 50.6. The zero-order valence-corrected chi connectivity index (χ0v) is 37.5. The van der Waals surface area contributed by atoms with Gasteiger partial charge in [0, 0.05) is 11.1 Å². The lowest BCUT2D eigenvalue weighted by Crippen LogP contribution is -2.61. The Balaban J connectivity index is 1.23. The van der Waals surface area contributed by atoms with Crippen LogP contribution in [0.5, 0.6) is 0 Å². The molecule has 4 aliphatic rings. The molecule has 0 aromatic rings. The molecular formula is C44H64O24. The first kappa shape index (κ1) is 56.9. The van der Waals surface area contributed by atoms with E-state index in [-0.39, 0.29) is 11.1 Å². The predicted molar refractivity (Wildman–Crippen MR) is 227 cm³/mol. The standard InChI is InChI=1S/C44H64O24/c1-19(11-7-13-21(3)39(59)67-43-37(57)33(53)29(49)25(65-43)17-61-41-35(55)31(51)27(47)23(15-45)63-41)9-5-6-10-20(2)12-8-14-22(4)40(60)68-44-38(58)34(54)30(50)26(66-44)18-62-42-36(56)32(52)28(48)24(16-46)64-42/h5-14,23-38,41-58H,15-18H2,1-4H3/b6-5+,11-7+,12-8+,19-9+,20-10+,21-13+,22-14+/t23-,24-,25+,26+,27-,28-,29+,30+,31+,32+,33-,34-,35-,36-,37+,38+,41-,42-,43-,44-/m0/s1. The summed E-state index contributed by atoms with van der Waals surface area (Å²) in [4.78, 5) is 25.6. The van der Waals surface area contributed by atoms with E-state index >= 15 is 0 Å². The maximum Gasteiger partial charge on any atom is 0.336 e. The SMILES string of the molecule is CC(/C=C/C=C(\C)C(=O)O[C@@H]1O[C@H](CO[C@H]2O[C@@H](CO)[C@H](O)[C@@H](O)[C@@H]2O)[C@@H](O)[C@H](O)[C@H]1O)=C\C=C\C=C(C)\C=C\C=C(/C)C(=O)O[C@@H]1O[C@H](CO[C@H]2O[C@@H](CO)[C@H](O)[C@@H](O)[C@@H]2O)[C@@H](O)[C@H](O)[C@H]1O. The summed E-state index contributed by atoms with van der Waals surface area (Å²) in [7, 11) is 0. The molecule has 24 nitrogen and oxygen atoms in total. The summed E-state index contributed by atoms with van der Waals surface area (Å²) in [6, 6.07) is 0. The maximum atomic E-state index is 12.8. The van der Waals surface area contributed by atoms with E-state index in [1.165, 1.54) is 26.0 Å². The van der Waals surface area contributed by atoms with Crippen LogP contribution in [0.15, 0.2) is 83.1 Å². The molecule has 24 heteroatoms. The van der Waals surface area contributed by atoms with Crippen molar-refractivity contribution in [3.63, 3.8) is 0 Å². The average molecular weight is 977 g/mol. The lowest BCUT2D eigenvalue weighted by Gasteiger charge is -2.42. The first-order chi connectivity index (χ1) is 32.1. The lowest BCUT2D eigenvalue weighted by atomic mass is 9.98. The molecule has 4 aliphatic heterocycles. The molecule has 0 radical (unpaired) electrons. The summed E-state index contributed by atoms with van der Waals surface area (Å²) in [6.45, 7) is 3.80. The van der Waals surface area contributed by atoms with Crippen LogP contribution in [0, 0.1) is 0 Å². The minimum atomic E-state index is -1.86. The van der Waals surface area contributed by atoms with Gasteiger partial charge >= 0.3 is 11.9 Å². The van der Waals surface area contributed by atoms with Crippen molar-refractivity contribution in [3.05, 3.63) is 83.1 Å². The van der Waals surface area contributed by atoms with Crippen LogP contribution in [0.3, 0.4) is 0 Å². The van der Waals surface area contributed by atoms with E-state index in [4.69, 9.17) is 37.9 Å². The van der Waals surface area contributed by atoms with Gasteiger partial charge in [0.1, 0.15) is 97.7 Å².